The minimum Gasteiger partial charge on any atom is -0.467 e. The Balaban J connectivity index is 2.37. The van der Waals surface area contributed by atoms with Crippen LogP contribution >= 0.6 is 11.8 Å². The van der Waals surface area contributed by atoms with Gasteiger partial charge in [-0.05, 0) is 12.1 Å². The van der Waals surface area contributed by atoms with Gasteiger partial charge in [-0.2, -0.15) is 0 Å². The molecule has 0 radical (unpaired) electrons. The second-order valence-corrected chi connectivity index (χ2v) is 4.99. The Morgan fingerprint density at radius 1 is 1.45 bits per heavy atom. The van der Waals surface area contributed by atoms with Crippen LogP contribution in [0.15, 0.2) is 29.2 Å². The topological polar surface area (TPSA) is 75.6 Å². The third kappa shape index (κ3) is 5.18. The summed E-state index contributed by atoms with van der Waals surface area (Å²) in [7, 11) is 1.17. The fourth-order valence-electron chi connectivity index (χ4n) is 1.40. The van der Waals surface area contributed by atoms with E-state index in [2.05, 4.69) is 10.1 Å². The highest BCUT2D eigenvalue weighted by Gasteiger charge is 2.20. The summed E-state index contributed by atoms with van der Waals surface area (Å²) >= 11 is 1.21. The molecular formula is C13H16FNO4S. The van der Waals surface area contributed by atoms with Crippen LogP contribution in [0.5, 0.6) is 0 Å². The third-order valence-electron chi connectivity index (χ3n) is 2.43. The quantitative estimate of drug-likeness (QED) is 0.579. The monoisotopic (exact) mass is 301 g/mol. The SMILES string of the molecule is COC(=O)C(CO)NC(=O)CCSc1ccccc1F. The van der Waals surface area contributed by atoms with Gasteiger partial charge in [-0.3, -0.25) is 4.79 Å². The first kappa shape index (κ1) is 16.5. The maximum absolute atomic E-state index is 13.3. The summed E-state index contributed by atoms with van der Waals surface area (Å²) in [5.74, 6) is -1.08. The number of amides is 1. The molecule has 1 unspecified atom stereocenters. The van der Waals surface area contributed by atoms with E-state index >= 15 is 0 Å². The molecule has 1 rings (SSSR count). The van der Waals surface area contributed by atoms with E-state index in [0.29, 0.717) is 10.6 Å². The van der Waals surface area contributed by atoms with E-state index in [1.165, 1.54) is 24.9 Å². The number of ether oxygens (including phenoxy) is 1. The van der Waals surface area contributed by atoms with Crippen molar-refractivity contribution in [3.63, 3.8) is 0 Å². The molecule has 1 aromatic carbocycles. The molecule has 0 bridgehead atoms. The van der Waals surface area contributed by atoms with Crippen molar-refractivity contribution in [3.8, 4) is 0 Å². The number of thioether (sulfide) groups is 1. The van der Waals surface area contributed by atoms with Crippen LogP contribution in [-0.2, 0) is 14.3 Å². The first-order chi connectivity index (χ1) is 9.58. The third-order valence-corrected chi connectivity index (χ3v) is 3.48. The highest BCUT2D eigenvalue weighted by atomic mass is 32.2. The molecule has 1 aromatic rings. The van der Waals surface area contributed by atoms with Crippen LogP contribution in [0.3, 0.4) is 0 Å². The summed E-state index contributed by atoms with van der Waals surface area (Å²) in [5.41, 5.74) is 0. The van der Waals surface area contributed by atoms with Gasteiger partial charge in [-0.1, -0.05) is 12.1 Å². The maximum atomic E-state index is 13.3. The van der Waals surface area contributed by atoms with Crippen molar-refractivity contribution >= 4 is 23.6 Å². The number of carbonyl (C=O) groups excluding carboxylic acids is 2. The van der Waals surface area contributed by atoms with Crippen LogP contribution in [0, 0.1) is 5.82 Å². The van der Waals surface area contributed by atoms with Crippen LogP contribution < -0.4 is 5.32 Å². The molecule has 0 saturated heterocycles. The summed E-state index contributed by atoms with van der Waals surface area (Å²) in [6.45, 7) is -0.529. The summed E-state index contributed by atoms with van der Waals surface area (Å²) in [4.78, 5) is 23.2. The molecule has 0 fully saturated rings. The standard InChI is InChI=1S/C13H16FNO4S/c1-19-13(18)10(8-16)15-12(17)6-7-20-11-5-3-2-4-9(11)14/h2-5,10,16H,6-8H2,1H3,(H,15,17). The zero-order valence-electron chi connectivity index (χ0n) is 11.0. The Morgan fingerprint density at radius 2 is 2.15 bits per heavy atom. The molecule has 0 heterocycles. The molecule has 0 saturated carbocycles. The number of benzene rings is 1. The van der Waals surface area contributed by atoms with E-state index in [0.717, 1.165) is 0 Å². The van der Waals surface area contributed by atoms with E-state index < -0.39 is 24.5 Å². The molecule has 0 spiro atoms. The van der Waals surface area contributed by atoms with Crippen molar-refractivity contribution < 1.29 is 23.8 Å². The van der Waals surface area contributed by atoms with Crippen molar-refractivity contribution in [2.24, 2.45) is 0 Å². The predicted molar refractivity (Wildman–Crippen MR) is 72.8 cm³/mol. The molecule has 5 nitrogen and oxygen atoms in total. The molecule has 0 aliphatic carbocycles. The molecular weight excluding hydrogens is 285 g/mol. The summed E-state index contributed by atoms with van der Waals surface area (Å²) in [6, 6.07) is 5.22. The summed E-state index contributed by atoms with van der Waals surface area (Å²) < 4.78 is 17.7. The number of aliphatic hydroxyl groups excluding tert-OH is 1. The van der Waals surface area contributed by atoms with Gasteiger partial charge in [-0.15, -0.1) is 11.8 Å². The number of esters is 1. The van der Waals surface area contributed by atoms with Gasteiger partial charge in [0, 0.05) is 17.1 Å². The molecule has 0 aromatic heterocycles. The maximum Gasteiger partial charge on any atom is 0.330 e. The number of aliphatic hydroxyl groups is 1. The molecule has 2 N–H and O–H groups in total. The Morgan fingerprint density at radius 3 is 2.75 bits per heavy atom. The van der Waals surface area contributed by atoms with Crippen LogP contribution in [0.2, 0.25) is 0 Å². The molecule has 1 atom stereocenters. The zero-order valence-corrected chi connectivity index (χ0v) is 11.8. The highest BCUT2D eigenvalue weighted by molar-refractivity contribution is 7.99. The predicted octanol–water partition coefficient (Wildman–Crippen LogP) is 0.958. The average molecular weight is 301 g/mol. The summed E-state index contributed by atoms with van der Waals surface area (Å²) in [5, 5.41) is 11.3. The number of hydrogen-bond donors (Lipinski definition) is 2. The van der Waals surface area contributed by atoms with E-state index in [4.69, 9.17) is 5.11 Å². The lowest BCUT2D eigenvalue weighted by Gasteiger charge is -2.13. The van der Waals surface area contributed by atoms with Crippen molar-refractivity contribution in [2.75, 3.05) is 19.5 Å². The van der Waals surface area contributed by atoms with Gasteiger partial charge >= 0.3 is 5.97 Å². The fraction of sp³-hybridized carbons (Fsp3) is 0.385. The Kier molecular flexibility index (Phi) is 7.03. The van der Waals surface area contributed by atoms with Crippen LogP contribution in [0.25, 0.3) is 0 Å². The second-order valence-electron chi connectivity index (χ2n) is 3.85. The van der Waals surface area contributed by atoms with E-state index in [-0.39, 0.29) is 12.2 Å². The smallest absolute Gasteiger partial charge is 0.330 e. The molecule has 110 valence electrons. The number of rotatable bonds is 7. The zero-order chi connectivity index (χ0) is 15.0. The largest absolute Gasteiger partial charge is 0.467 e. The number of hydrogen-bond acceptors (Lipinski definition) is 5. The lowest BCUT2D eigenvalue weighted by Crippen LogP contribution is -2.44. The number of methoxy groups -OCH3 is 1. The van der Waals surface area contributed by atoms with Crippen molar-refractivity contribution in [3.05, 3.63) is 30.1 Å². The first-order valence-corrected chi connectivity index (χ1v) is 6.92. The normalized spacial score (nSPS) is 11.8. The average Bonchev–Trinajstić information content (AvgIpc) is 2.46. The van der Waals surface area contributed by atoms with E-state index in [9.17, 15) is 14.0 Å². The van der Waals surface area contributed by atoms with Crippen molar-refractivity contribution in [1.82, 2.24) is 5.32 Å². The molecule has 1 amide bonds. The molecule has 0 aliphatic heterocycles. The van der Waals surface area contributed by atoms with Gasteiger partial charge in [0.25, 0.3) is 0 Å². The Bertz CT molecular complexity index is 469. The molecule has 7 heteroatoms. The Hall–Kier alpha value is -1.60. The lowest BCUT2D eigenvalue weighted by atomic mass is 10.3. The second kappa shape index (κ2) is 8.55. The van der Waals surface area contributed by atoms with Gasteiger partial charge in [0.15, 0.2) is 6.04 Å². The minimum atomic E-state index is -1.06. The molecule has 20 heavy (non-hydrogen) atoms. The molecule has 0 aliphatic rings. The highest BCUT2D eigenvalue weighted by Crippen LogP contribution is 2.21. The first-order valence-electron chi connectivity index (χ1n) is 5.94. The van der Waals surface area contributed by atoms with Gasteiger partial charge in [-0.25, -0.2) is 9.18 Å². The van der Waals surface area contributed by atoms with Gasteiger partial charge in [0.05, 0.1) is 13.7 Å². The van der Waals surface area contributed by atoms with Crippen molar-refractivity contribution in [1.29, 1.82) is 0 Å². The number of nitrogens with one attached hydrogen (secondary N) is 1. The number of carbonyl (C=O) groups is 2. The van der Waals surface area contributed by atoms with Gasteiger partial charge in [0.1, 0.15) is 5.82 Å². The van der Waals surface area contributed by atoms with Crippen molar-refractivity contribution in [2.45, 2.75) is 17.4 Å². The van der Waals surface area contributed by atoms with Gasteiger partial charge < -0.3 is 15.2 Å². The number of halogens is 1. The summed E-state index contributed by atoms with van der Waals surface area (Å²) in [6.07, 6.45) is 0.104. The van der Waals surface area contributed by atoms with Crippen LogP contribution in [-0.4, -0.2) is 42.5 Å². The lowest BCUT2D eigenvalue weighted by molar-refractivity contribution is -0.146. The van der Waals surface area contributed by atoms with Crippen LogP contribution in [0.4, 0.5) is 4.39 Å². The minimum absolute atomic E-state index is 0.104. The van der Waals surface area contributed by atoms with E-state index in [1.807, 2.05) is 0 Å². The van der Waals surface area contributed by atoms with E-state index in [1.54, 1.807) is 18.2 Å². The Labute approximate surface area is 120 Å². The van der Waals surface area contributed by atoms with Gasteiger partial charge in [0.2, 0.25) is 5.91 Å². The van der Waals surface area contributed by atoms with Crippen LogP contribution in [0.1, 0.15) is 6.42 Å². The fourth-order valence-corrected chi connectivity index (χ4v) is 2.29.